The first-order chi connectivity index (χ1) is 17.9. The molecule has 7 nitrogen and oxygen atoms in total. The minimum Gasteiger partial charge on any atom is -0.352 e. The lowest BCUT2D eigenvalue weighted by atomic mass is 10.1. The number of hydrogen-bond donors (Lipinski definition) is 1. The molecule has 0 fully saturated rings. The smallest absolute Gasteiger partial charge is 0.264 e. The highest BCUT2D eigenvalue weighted by molar-refractivity contribution is 9.10. The highest BCUT2D eigenvalue weighted by Gasteiger charge is 2.32. The molecule has 3 aromatic rings. The summed E-state index contributed by atoms with van der Waals surface area (Å²) in [5.74, 6) is -0.914. The number of hydrogen-bond acceptors (Lipinski definition) is 4. The second-order valence-electron chi connectivity index (χ2n) is 8.91. The summed E-state index contributed by atoms with van der Waals surface area (Å²) < 4.78 is 29.3. The maximum atomic E-state index is 13.8. The lowest BCUT2D eigenvalue weighted by molar-refractivity contribution is -0.139. The van der Waals surface area contributed by atoms with Gasteiger partial charge in [-0.3, -0.25) is 13.9 Å². The molecule has 38 heavy (non-hydrogen) atoms. The molecule has 2 amide bonds. The lowest BCUT2D eigenvalue weighted by Gasteiger charge is -2.32. The maximum absolute atomic E-state index is 13.8. The van der Waals surface area contributed by atoms with Gasteiger partial charge in [-0.1, -0.05) is 69.5 Å². The third kappa shape index (κ3) is 7.50. The number of halogens is 3. The van der Waals surface area contributed by atoms with Crippen molar-refractivity contribution in [3.05, 3.63) is 92.9 Å². The molecule has 1 atom stereocenters. The van der Waals surface area contributed by atoms with Crippen molar-refractivity contribution < 1.29 is 18.0 Å². The van der Waals surface area contributed by atoms with Crippen LogP contribution in [0.25, 0.3) is 0 Å². The number of amides is 2. The van der Waals surface area contributed by atoms with Gasteiger partial charge in [-0.25, -0.2) is 8.42 Å². The van der Waals surface area contributed by atoms with Crippen LogP contribution in [0.15, 0.2) is 82.2 Å². The van der Waals surface area contributed by atoms with Gasteiger partial charge in [-0.05, 0) is 68.8 Å². The Hall–Kier alpha value is -2.59. The van der Waals surface area contributed by atoms with Crippen LogP contribution in [-0.4, -0.2) is 43.8 Å². The van der Waals surface area contributed by atoms with Crippen LogP contribution >= 0.6 is 39.1 Å². The number of carbonyl (C=O) groups excluding carboxylic acids is 2. The van der Waals surface area contributed by atoms with Crippen molar-refractivity contribution in [2.24, 2.45) is 0 Å². The minimum absolute atomic E-state index is 0.00364. The zero-order valence-corrected chi connectivity index (χ0v) is 25.0. The van der Waals surface area contributed by atoms with Crippen LogP contribution < -0.4 is 9.62 Å². The molecule has 0 radical (unpaired) electrons. The Balaban J connectivity index is 2.04. The van der Waals surface area contributed by atoms with E-state index in [1.54, 1.807) is 25.1 Å². The molecular formula is C27H28BrCl2N3O4S. The van der Waals surface area contributed by atoms with Crippen LogP contribution in [0.4, 0.5) is 5.69 Å². The van der Waals surface area contributed by atoms with Crippen LogP contribution in [0.1, 0.15) is 26.3 Å². The number of rotatable bonds is 10. The number of carbonyl (C=O) groups is 2. The Bertz CT molecular complexity index is 1390. The maximum Gasteiger partial charge on any atom is 0.264 e. The van der Waals surface area contributed by atoms with Gasteiger partial charge in [0, 0.05) is 17.1 Å². The normalized spacial score (nSPS) is 12.2. The van der Waals surface area contributed by atoms with Crippen LogP contribution in [0, 0.1) is 0 Å². The third-order valence-corrected chi connectivity index (χ3v) is 8.72. The van der Waals surface area contributed by atoms with Gasteiger partial charge >= 0.3 is 0 Å². The van der Waals surface area contributed by atoms with Crippen molar-refractivity contribution in [1.82, 2.24) is 10.2 Å². The van der Waals surface area contributed by atoms with Gasteiger partial charge in [0.2, 0.25) is 11.8 Å². The largest absolute Gasteiger partial charge is 0.352 e. The fraction of sp³-hybridized carbons (Fsp3) is 0.259. The summed E-state index contributed by atoms with van der Waals surface area (Å²) in [5, 5.41) is 3.21. The summed E-state index contributed by atoms with van der Waals surface area (Å²) >= 11 is 15.7. The van der Waals surface area contributed by atoms with Gasteiger partial charge in [-0.2, -0.15) is 0 Å². The quantitative estimate of drug-likeness (QED) is 0.299. The van der Waals surface area contributed by atoms with Crippen molar-refractivity contribution in [3.63, 3.8) is 0 Å². The molecule has 0 aliphatic carbocycles. The van der Waals surface area contributed by atoms with Crippen LogP contribution in [0.2, 0.25) is 10.0 Å². The average molecular weight is 641 g/mol. The molecule has 0 aromatic heterocycles. The first-order valence-electron chi connectivity index (χ1n) is 11.8. The summed E-state index contributed by atoms with van der Waals surface area (Å²) in [6, 6.07) is 18.4. The van der Waals surface area contributed by atoms with E-state index in [0.29, 0.717) is 0 Å². The van der Waals surface area contributed by atoms with Crippen molar-refractivity contribution in [1.29, 1.82) is 0 Å². The molecule has 0 bridgehead atoms. The van der Waals surface area contributed by atoms with Crippen molar-refractivity contribution in [3.8, 4) is 0 Å². The molecular weight excluding hydrogens is 613 g/mol. The van der Waals surface area contributed by atoms with E-state index < -0.39 is 28.5 Å². The molecule has 0 aliphatic rings. The van der Waals surface area contributed by atoms with Crippen LogP contribution in [0.3, 0.4) is 0 Å². The Labute approximate surface area is 241 Å². The number of nitrogens with zero attached hydrogens (tertiary/aromatic N) is 2. The Morgan fingerprint density at radius 1 is 0.921 bits per heavy atom. The fourth-order valence-electron chi connectivity index (χ4n) is 3.66. The van der Waals surface area contributed by atoms with E-state index in [1.807, 2.05) is 38.1 Å². The Kier molecular flexibility index (Phi) is 10.2. The zero-order chi connectivity index (χ0) is 28.0. The van der Waals surface area contributed by atoms with E-state index >= 15 is 0 Å². The van der Waals surface area contributed by atoms with Gasteiger partial charge in [0.25, 0.3) is 10.0 Å². The second kappa shape index (κ2) is 13.0. The van der Waals surface area contributed by atoms with Gasteiger partial charge in [0.1, 0.15) is 12.6 Å². The molecule has 3 rings (SSSR count). The van der Waals surface area contributed by atoms with E-state index in [1.165, 1.54) is 35.2 Å². The minimum atomic E-state index is -4.18. The van der Waals surface area contributed by atoms with Gasteiger partial charge in [0.15, 0.2) is 0 Å². The van der Waals surface area contributed by atoms with E-state index in [-0.39, 0.29) is 39.1 Å². The number of benzene rings is 3. The van der Waals surface area contributed by atoms with Crippen molar-refractivity contribution in [2.45, 2.75) is 44.3 Å². The summed E-state index contributed by atoms with van der Waals surface area (Å²) in [4.78, 5) is 28.1. The molecule has 202 valence electrons. The van der Waals surface area contributed by atoms with Crippen molar-refractivity contribution in [2.75, 3.05) is 10.8 Å². The topological polar surface area (TPSA) is 86.8 Å². The highest BCUT2D eigenvalue weighted by atomic mass is 79.9. The first kappa shape index (κ1) is 30.0. The Morgan fingerprint density at radius 3 is 2.13 bits per heavy atom. The van der Waals surface area contributed by atoms with Gasteiger partial charge < -0.3 is 10.2 Å². The van der Waals surface area contributed by atoms with Crippen molar-refractivity contribution >= 4 is 66.7 Å². The van der Waals surface area contributed by atoms with Gasteiger partial charge in [-0.15, -0.1) is 0 Å². The molecule has 1 N–H and O–H groups in total. The molecule has 3 aromatic carbocycles. The molecule has 0 heterocycles. The number of anilines is 1. The molecule has 11 heteroatoms. The SMILES string of the molecule is CC(C)NC(=O)C(C)N(Cc1ccc(Br)cc1)C(=O)CN(c1ccc(Cl)c(Cl)c1)S(=O)(=O)c1ccccc1. The standard InChI is InChI=1S/C27H28BrCl2N3O4S/c1-18(2)31-27(35)19(3)32(16-20-9-11-21(28)12-10-20)26(34)17-33(22-13-14-24(29)25(30)15-22)38(36,37)23-7-5-4-6-8-23/h4-15,18-19H,16-17H2,1-3H3,(H,31,35). The summed E-state index contributed by atoms with van der Waals surface area (Å²) in [6.45, 7) is 4.79. The summed E-state index contributed by atoms with van der Waals surface area (Å²) in [6.07, 6.45) is 0. The Morgan fingerprint density at radius 2 is 1.55 bits per heavy atom. The van der Waals surface area contributed by atoms with Crippen LogP contribution in [-0.2, 0) is 26.2 Å². The number of sulfonamides is 1. The van der Waals surface area contributed by atoms with E-state index in [4.69, 9.17) is 23.2 Å². The van der Waals surface area contributed by atoms with E-state index in [2.05, 4.69) is 21.2 Å². The summed E-state index contributed by atoms with van der Waals surface area (Å²) in [5.41, 5.74) is 0.942. The summed E-state index contributed by atoms with van der Waals surface area (Å²) in [7, 11) is -4.18. The monoisotopic (exact) mass is 639 g/mol. The van der Waals surface area contributed by atoms with E-state index in [0.717, 1.165) is 14.3 Å². The highest BCUT2D eigenvalue weighted by Crippen LogP contribution is 2.31. The zero-order valence-electron chi connectivity index (χ0n) is 21.1. The molecule has 0 saturated carbocycles. The predicted molar refractivity (Wildman–Crippen MR) is 155 cm³/mol. The molecule has 0 saturated heterocycles. The fourth-order valence-corrected chi connectivity index (χ4v) is 5.65. The second-order valence-corrected chi connectivity index (χ2v) is 12.5. The molecule has 0 spiro atoms. The predicted octanol–water partition coefficient (Wildman–Crippen LogP) is 5.89. The van der Waals surface area contributed by atoms with E-state index in [9.17, 15) is 18.0 Å². The van der Waals surface area contributed by atoms with Crippen LogP contribution in [0.5, 0.6) is 0 Å². The van der Waals surface area contributed by atoms with Gasteiger partial charge in [0.05, 0.1) is 20.6 Å². The molecule has 1 unspecified atom stereocenters. The first-order valence-corrected chi connectivity index (χ1v) is 14.8. The number of nitrogens with one attached hydrogen (secondary N) is 1. The average Bonchev–Trinajstić information content (AvgIpc) is 2.88. The molecule has 0 aliphatic heterocycles. The lowest BCUT2D eigenvalue weighted by Crippen LogP contribution is -2.52. The third-order valence-electron chi connectivity index (χ3n) is 5.67.